The normalized spacial score (nSPS) is 15.9. The number of hydrogen-bond donors (Lipinski definition) is 2. The number of nitrogens with one attached hydrogen (secondary N) is 2. The van der Waals surface area contributed by atoms with Gasteiger partial charge in [-0.25, -0.2) is 18.6 Å². The maximum atomic E-state index is 13.8. The van der Waals surface area contributed by atoms with E-state index in [1.54, 1.807) is 30.0 Å². The number of amides is 2. The molecule has 3 aromatic carbocycles. The van der Waals surface area contributed by atoms with E-state index in [0.717, 1.165) is 22.4 Å². The number of anilines is 1. The van der Waals surface area contributed by atoms with Crippen LogP contribution >= 0.6 is 0 Å². The van der Waals surface area contributed by atoms with E-state index in [-0.39, 0.29) is 5.82 Å². The zero-order valence-corrected chi connectivity index (χ0v) is 20.0. The van der Waals surface area contributed by atoms with Crippen LogP contribution in [0.3, 0.4) is 0 Å². The van der Waals surface area contributed by atoms with E-state index in [2.05, 4.69) is 15.6 Å². The van der Waals surface area contributed by atoms with Crippen molar-refractivity contribution >= 4 is 23.4 Å². The number of carbonyl (C=O) groups excluding carboxylic acids is 1. The van der Waals surface area contributed by atoms with Crippen molar-refractivity contribution in [1.82, 2.24) is 15.1 Å². The second-order valence-electron chi connectivity index (χ2n) is 8.55. The van der Waals surface area contributed by atoms with Crippen LogP contribution in [0.15, 0.2) is 71.7 Å². The third-order valence-electron chi connectivity index (χ3n) is 6.15. The number of carbonyl (C=O) groups is 1. The van der Waals surface area contributed by atoms with E-state index in [1.165, 1.54) is 24.3 Å². The first-order valence-corrected chi connectivity index (χ1v) is 11.5. The van der Waals surface area contributed by atoms with Gasteiger partial charge in [-0.1, -0.05) is 36.4 Å². The Hall–Kier alpha value is -4.45. The summed E-state index contributed by atoms with van der Waals surface area (Å²) in [5.41, 5.74) is 3.50. The predicted molar refractivity (Wildman–Crippen MR) is 135 cm³/mol. The summed E-state index contributed by atoms with van der Waals surface area (Å²) in [5, 5.41) is 14.8. The van der Waals surface area contributed by atoms with Gasteiger partial charge in [0.15, 0.2) is 6.19 Å². The Balaban J connectivity index is 1.64. The summed E-state index contributed by atoms with van der Waals surface area (Å²) in [6, 6.07) is 16.9. The highest BCUT2D eigenvalue weighted by Gasteiger charge is 2.33. The number of aliphatic imine (C=N–C) groups is 1. The number of aryl methyl sites for hydroxylation is 2. The maximum Gasteiger partial charge on any atom is 0.322 e. The molecule has 1 fully saturated rings. The van der Waals surface area contributed by atoms with Gasteiger partial charge in [-0.2, -0.15) is 5.26 Å². The first kappa shape index (κ1) is 24.7. The summed E-state index contributed by atoms with van der Waals surface area (Å²) in [6.07, 6.45) is 1.94. The molecular formula is C27H26F2N6O. The molecule has 1 atom stereocenters. The lowest BCUT2D eigenvalue weighted by atomic mass is 10.0. The fraction of sp³-hybridized carbons (Fsp3) is 0.222. The van der Waals surface area contributed by atoms with Crippen LogP contribution in [0.5, 0.6) is 0 Å². The third kappa shape index (κ3) is 5.61. The minimum atomic E-state index is -0.476. The number of benzene rings is 3. The van der Waals surface area contributed by atoms with Gasteiger partial charge in [0.05, 0.1) is 11.7 Å². The highest BCUT2D eigenvalue weighted by Crippen LogP contribution is 2.28. The van der Waals surface area contributed by atoms with Gasteiger partial charge in [0.2, 0.25) is 5.96 Å². The van der Waals surface area contributed by atoms with Crippen LogP contribution in [0.1, 0.15) is 22.7 Å². The maximum absolute atomic E-state index is 13.8. The van der Waals surface area contributed by atoms with Crippen molar-refractivity contribution in [2.75, 3.05) is 25.0 Å². The highest BCUT2D eigenvalue weighted by atomic mass is 19.1. The monoisotopic (exact) mass is 488 g/mol. The molecule has 1 aliphatic heterocycles. The topological polar surface area (TPSA) is 83.8 Å². The zero-order chi connectivity index (χ0) is 25.7. The van der Waals surface area contributed by atoms with Crippen LogP contribution in [-0.4, -0.2) is 41.4 Å². The van der Waals surface area contributed by atoms with Crippen molar-refractivity contribution < 1.29 is 13.6 Å². The van der Waals surface area contributed by atoms with Gasteiger partial charge in [-0.15, -0.1) is 0 Å². The van der Waals surface area contributed by atoms with E-state index < -0.39 is 17.9 Å². The molecule has 4 rings (SSSR count). The Bertz CT molecular complexity index is 1320. The quantitative estimate of drug-likeness (QED) is 0.229. The summed E-state index contributed by atoms with van der Waals surface area (Å²) >= 11 is 0. The number of nitriles is 1. The Kier molecular flexibility index (Phi) is 7.44. The second-order valence-corrected chi connectivity index (χ2v) is 8.55. The lowest BCUT2D eigenvalue weighted by molar-refractivity contribution is 0.135. The minimum absolute atomic E-state index is 0.294. The van der Waals surface area contributed by atoms with Crippen LogP contribution < -0.4 is 10.6 Å². The van der Waals surface area contributed by atoms with Crippen molar-refractivity contribution in [3.05, 3.63) is 95.1 Å². The molecule has 0 bridgehead atoms. The van der Waals surface area contributed by atoms with E-state index in [0.29, 0.717) is 31.3 Å². The number of para-hydroxylation sites is 1. The van der Waals surface area contributed by atoms with Crippen molar-refractivity contribution in [3.63, 3.8) is 0 Å². The summed E-state index contributed by atoms with van der Waals surface area (Å²) < 4.78 is 27.4. The fourth-order valence-corrected chi connectivity index (χ4v) is 4.14. The number of guanidine groups is 1. The van der Waals surface area contributed by atoms with E-state index in [9.17, 15) is 18.8 Å². The van der Waals surface area contributed by atoms with Crippen molar-refractivity contribution in [1.29, 1.82) is 5.26 Å². The Morgan fingerprint density at radius 3 is 2.44 bits per heavy atom. The first-order chi connectivity index (χ1) is 17.4. The molecular weight excluding hydrogens is 462 g/mol. The van der Waals surface area contributed by atoms with E-state index in [1.807, 2.05) is 42.3 Å². The summed E-state index contributed by atoms with van der Waals surface area (Å²) in [5.74, 6) is -0.471. The van der Waals surface area contributed by atoms with Gasteiger partial charge in [-0.3, -0.25) is 5.32 Å². The molecule has 9 heteroatoms. The molecule has 1 saturated heterocycles. The van der Waals surface area contributed by atoms with Gasteiger partial charge in [0.25, 0.3) is 0 Å². The number of rotatable bonds is 3. The lowest BCUT2D eigenvalue weighted by Gasteiger charge is -2.42. The number of urea groups is 1. The minimum Gasteiger partial charge on any atom is -0.338 e. The second kappa shape index (κ2) is 10.9. The largest absolute Gasteiger partial charge is 0.338 e. The highest BCUT2D eigenvalue weighted by molar-refractivity contribution is 5.91. The standard InChI is InChI=1S/C27H26F2N6O/c1-18-5-3-4-6-23(18)32-26(31-17-30)34-13-14-35(25(16-34)20-8-11-21(28)12-9-20)27(36)33-24-15-22(29)10-7-19(24)2/h3-12,15,25H,13-14,16H2,1-2H3,(H,31,32)(H,33,36). The molecule has 0 radical (unpaired) electrons. The predicted octanol–water partition coefficient (Wildman–Crippen LogP) is 5.23. The van der Waals surface area contributed by atoms with Gasteiger partial charge < -0.3 is 15.1 Å². The Morgan fingerprint density at radius 1 is 1.00 bits per heavy atom. The molecule has 2 amide bonds. The molecule has 0 spiro atoms. The summed E-state index contributed by atoms with van der Waals surface area (Å²) in [6.45, 7) is 4.71. The third-order valence-corrected chi connectivity index (χ3v) is 6.15. The zero-order valence-electron chi connectivity index (χ0n) is 20.0. The Labute approximate surface area is 208 Å². The van der Waals surface area contributed by atoms with Crippen LogP contribution in [-0.2, 0) is 0 Å². The van der Waals surface area contributed by atoms with Gasteiger partial charge >= 0.3 is 6.03 Å². The average molecular weight is 489 g/mol. The van der Waals surface area contributed by atoms with Gasteiger partial charge in [0, 0.05) is 25.3 Å². The number of hydrogen-bond acceptors (Lipinski definition) is 3. The van der Waals surface area contributed by atoms with Crippen LogP contribution in [0.25, 0.3) is 0 Å². The first-order valence-electron chi connectivity index (χ1n) is 11.5. The smallest absolute Gasteiger partial charge is 0.322 e. The molecule has 2 N–H and O–H groups in total. The van der Waals surface area contributed by atoms with Crippen LogP contribution in [0.4, 0.5) is 25.0 Å². The molecule has 3 aromatic rings. The molecule has 0 aromatic heterocycles. The SMILES string of the molecule is Cc1ccccc1N=C(NC#N)N1CCN(C(=O)Nc2cc(F)ccc2C)C(c2ccc(F)cc2)C1. The Morgan fingerprint density at radius 2 is 1.72 bits per heavy atom. The molecule has 36 heavy (non-hydrogen) atoms. The molecule has 0 aliphatic carbocycles. The number of nitrogens with zero attached hydrogens (tertiary/aromatic N) is 4. The van der Waals surface area contributed by atoms with Gasteiger partial charge in [0.1, 0.15) is 11.6 Å². The van der Waals surface area contributed by atoms with Crippen molar-refractivity contribution in [3.8, 4) is 6.19 Å². The van der Waals surface area contributed by atoms with E-state index in [4.69, 9.17) is 0 Å². The molecule has 0 saturated carbocycles. The molecule has 1 heterocycles. The van der Waals surface area contributed by atoms with Crippen molar-refractivity contribution in [2.45, 2.75) is 19.9 Å². The molecule has 7 nitrogen and oxygen atoms in total. The van der Waals surface area contributed by atoms with Crippen LogP contribution in [0, 0.1) is 36.9 Å². The van der Waals surface area contributed by atoms with Gasteiger partial charge in [-0.05, 0) is 60.9 Å². The van der Waals surface area contributed by atoms with Crippen molar-refractivity contribution in [2.24, 2.45) is 4.99 Å². The molecule has 1 unspecified atom stereocenters. The summed E-state index contributed by atoms with van der Waals surface area (Å²) in [7, 11) is 0. The summed E-state index contributed by atoms with van der Waals surface area (Å²) in [4.78, 5) is 21.5. The fourth-order valence-electron chi connectivity index (χ4n) is 4.14. The molecule has 1 aliphatic rings. The number of halogens is 2. The van der Waals surface area contributed by atoms with Crippen LogP contribution in [0.2, 0.25) is 0 Å². The van der Waals surface area contributed by atoms with E-state index >= 15 is 0 Å². The molecule has 184 valence electrons. The number of piperazine rings is 1. The lowest BCUT2D eigenvalue weighted by Crippen LogP contribution is -2.55. The average Bonchev–Trinajstić information content (AvgIpc) is 2.87.